The van der Waals surface area contributed by atoms with E-state index in [1.54, 1.807) is 30.3 Å². The molecule has 0 heterocycles. The van der Waals surface area contributed by atoms with Crippen LogP contribution in [0.3, 0.4) is 0 Å². The lowest BCUT2D eigenvalue weighted by Crippen LogP contribution is -1.97. The summed E-state index contributed by atoms with van der Waals surface area (Å²) in [6.07, 6.45) is 1.32. The van der Waals surface area contributed by atoms with Crippen molar-refractivity contribution in [2.45, 2.75) is 6.61 Å². The first-order chi connectivity index (χ1) is 10.6. The van der Waals surface area contributed by atoms with Gasteiger partial charge in [-0.2, -0.15) is 5.26 Å². The molecule has 0 atom stereocenters. The molecule has 0 aliphatic carbocycles. The van der Waals surface area contributed by atoms with Crippen molar-refractivity contribution >= 4 is 28.0 Å². The summed E-state index contributed by atoms with van der Waals surface area (Å²) >= 11 is 3.37. The van der Waals surface area contributed by atoms with Crippen LogP contribution in [0, 0.1) is 11.3 Å². The van der Waals surface area contributed by atoms with Gasteiger partial charge in [0.2, 0.25) is 0 Å². The van der Waals surface area contributed by atoms with Gasteiger partial charge in [-0.25, -0.2) is 4.79 Å². The third-order valence-corrected chi connectivity index (χ3v) is 3.39. The smallest absolute Gasteiger partial charge is 0.346 e. The van der Waals surface area contributed by atoms with E-state index in [1.807, 2.05) is 24.3 Å². The van der Waals surface area contributed by atoms with Crippen molar-refractivity contribution in [2.24, 2.45) is 0 Å². The number of benzene rings is 2. The molecule has 1 N–H and O–H groups in total. The second kappa shape index (κ2) is 7.43. The van der Waals surface area contributed by atoms with Crippen LogP contribution in [0.4, 0.5) is 0 Å². The summed E-state index contributed by atoms with van der Waals surface area (Å²) in [6.45, 7) is 0.445. The minimum atomic E-state index is -1.24. The molecule has 0 aliphatic rings. The largest absolute Gasteiger partial charge is 0.489 e. The first-order valence-corrected chi connectivity index (χ1v) is 7.20. The topological polar surface area (TPSA) is 70.3 Å². The highest BCUT2D eigenvalue weighted by Gasteiger charge is 2.05. The van der Waals surface area contributed by atoms with Gasteiger partial charge >= 0.3 is 5.97 Å². The molecule has 0 aromatic heterocycles. The van der Waals surface area contributed by atoms with Crippen LogP contribution in [0.1, 0.15) is 11.1 Å². The monoisotopic (exact) mass is 357 g/mol. The molecule has 4 nitrogen and oxygen atoms in total. The summed E-state index contributed by atoms with van der Waals surface area (Å²) in [7, 11) is 0. The van der Waals surface area contributed by atoms with E-state index in [0.29, 0.717) is 17.9 Å². The molecule has 2 aromatic carbocycles. The number of carboxylic acids is 1. The van der Waals surface area contributed by atoms with Gasteiger partial charge in [-0.15, -0.1) is 0 Å². The summed E-state index contributed by atoms with van der Waals surface area (Å²) in [6, 6.07) is 16.4. The Morgan fingerprint density at radius 3 is 2.36 bits per heavy atom. The maximum atomic E-state index is 10.8. The molecule has 2 rings (SSSR count). The Bertz CT molecular complexity index is 728. The number of nitrogens with zero attached hydrogens (tertiary/aromatic N) is 1. The predicted molar refractivity (Wildman–Crippen MR) is 86.1 cm³/mol. The number of halogens is 1. The average molecular weight is 358 g/mol. The molecular formula is C17H12BrNO3. The summed E-state index contributed by atoms with van der Waals surface area (Å²) < 4.78 is 6.66. The fourth-order valence-corrected chi connectivity index (χ4v) is 1.98. The van der Waals surface area contributed by atoms with Crippen molar-refractivity contribution < 1.29 is 14.6 Å². The lowest BCUT2D eigenvalue weighted by molar-refractivity contribution is -0.132. The number of hydrogen-bond acceptors (Lipinski definition) is 3. The van der Waals surface area contributed by atoms with Crippen molar-refractivity contribution in [1.82, 2.24) is 0 Å². The van der Waals surface area contributed by atoms with E-state index in [2.05, 4.69) is 15.9 Å². The number of carbonyl (C=O) groups is 1. The third kappa shape index (κ3) is 4.47. The van der Waals surface area contributed by atoms with Crippen molar-refractivity contribution in [1.29, 1.82) is 5.26 Å². The lowest BCUT2D eigenvalue weighted by atomic mass is 10.1. The van der Waals surface area contributed by atoms with Crippen LogP contribution in [0.25, 0.3) is 6.08 Å². The maximum Gasteiger partial charge on any atom is 0.346 e. The molecule has 0 saturated heterocycles. The van der Waals surface area contributed by atoms with Gasteiger partial charge < -0.3 is 9.84 Å². The van der Waals surface area contributed by atoms with Crippen LogP contribution in [0.15, 0.2) is 58.6 Å². The quantitative estimate of drug-likeness (QED) is 0.647. The molecular weight excluding hydrogens is 346 g/mol. The van der Waals surface area contributed by atoms with Crippen molar-refractivity contribution in [3.8, 4) is 11.8 Å². The Kier molecular flexibility index (Phi) is 5.34. The molecule has 0 bridgehead atoms. The Labute approximate surface area is 136 Å². The third-order valence-electron chi connectivity index (χ3n) is 2.86. The number of rotatable bonds is 5. The van der Waals surface area contributed by atoms with E-state index in [9.17, 15) is 4.79 Å². The molecule has 0 unspecified atom stereocenters. The molecule has 5 heteroatoms. The van der Waals surface area contributed by atoms with Crippen molar-refractivity contribution in [3.05, 3.63) is 69.7 Å². The van der Waals surface area contributed by atoms with Gasteiger partial charge in [0.15, 0.2) is 0 Å². The first kappa shape index (κ1) is 15.8. The van der Waals surface area contributed by atoms with E-state index in [4.69, 9.17) is 15.1 Å². The standard InChI is InChI=1S/C17H12BrNO3/c18-15-5-1-13(2-6-15)11-22-16-7-3-12(4-8-16)9-14(10-19)17(20)21/h1-9H,11H2,(H,20,21)/b14-9-. The molecule has 2 aromatic rings. The minimum Gasteiger partial charge on any atom is -0.489 e. The van der Waals surface area contributed by atoms with Gasteiger partial charge in [0, 0.05) is 4.47 Å². The van der Waals surface area contributed by atoms with Crippen LogP contribution < -0.4 is 4.74 Å². The van der Waals surface area contributed by atoms with Crippen LogP contribution in [0.5, 0.6) is 5.75 Å². The molecule has 110 valence electrons. The zero-order chi connectivity index (χ0) is 15.9. The fraction of sp³-hybridized carbons (Fsp3) is 0.0588. The Morgan fingerprint density at radius 2 is 1.82 bits per heavy atom. The van der Waals surface area contributed by atoms with Gasteiger partial charge in [-0.05, 0) is 41.5 Å². The zero-order valence-corrected chi connectivity index (χ0v) is 13.1. The summed E-state index contributed by atoms with van der Waals surface area (Å²) in [5.41, 5.74) is 1.38. The highest BCUT2D eigenvalue weighted by Crippen LogP contribution is 2.17. The Morgan fingerprint density at radius 1 is 1.18 bits per heavy atom. The number of aliphatic carboxylic acids is 1. The van der Waals surface area contributed by atoms with Gasteiger partial charge in [0.05, 0.1) is 0 Å². The minimum absolute atomic E-state index is 0.302. The Balaban J connectivity index is 2.02. The zero-order valence-electron chi connectivity index (χ0n) is 11.5. The molecule has 0 amide bonds. The average Bonchev–Trinajstić information content (AvgIpc) is 2.53. The van der Waals surface area contributed by atoms with Crippen LogP contribution in [-0.2, 0) is 11.4 Å². The van der Waals surface area contributed by atoms with E-state index < -0.39 is 5.97 Å². The van der Waals surface area contributed by atoms with Gasteiger partial charge in [-0.1, -0.05) is 40.2 Å². The summed E-state index contributed by atoms with van der Waals surface area (Å²) in [5.74, 6) is -0.563. The molecule has 0 spiro atoms. The van der Waals surface area contributed by atoms with Crippen LogP contribution in [-0.4, -0.2) is 11.1 Å². The molecule has 0 radical (unpaired) electrons. The SMILES string of the molecule is N#C/C(=C/c1ccc(OCc2ccc(Br)cc2)cc1)C(=O)O. The second-order valence-electron chi connectivity index (χ2n) is 4.46. The van der Waals surface area contributed by atoms with Crippen molar-refractivity contribution in [2.75, 3.05) is 0 Å². The van der Waals surface area contributed by atoms with Gasteiger partial charge in [0.1, 0.15) is 24.0 Å². The van der Waals surface area contributed by atoms with Gasteiger partial charge in [-0.3, -0.25) is 0 Å². The summed E-state index contributed by atoms with van der Waals surface area (Å²) in [4.78, 5) is 10.8. The second-order valence-corrected chi connectivity index (χ2v) is 5.37. The van der Waals surface area contributed by atoms with E-state index in [0.717, 1.165) is 10.0 Å². The molecule has 0 fully saturated rings. The Hall–Kier alpha value is -2.58. The summed E-state index contributed by atoms with van der Waals surface area (Å²) in [5, 5.41) is 17.5. The van der Waals surface area contributed by atoms with Crippen LogP contribution in [0.2, 0.25) is 0 Å². The van der Waals surface area contributed by atoms with E-state index >= 15 is 0 Å². The van der Waals surface area contributed by atoms with E-state index in [-0.39, 0.29) is 5.57 Å². The number of carboxylic acid groups (broad SMARTS) is 1. The highest BCUT2D eigenvalue weighted by molar-refractivity contribution is 9.10. The normalized spacial score (nSPS) is 10.8. The molecule has 22 heavy (non-hydrogen) atoms. The van der Waals surface area contributed by atoms with Gasteiger partial charge in [0.25, 0.3) is 0 Å². The fourth-order valence-electron chi connectivity index (χ4n) is 1.72. The number of ether oxygens (including phenoxy) is 1. The van der Waals surface area contributed by atoms with Crippen LogP contribution >= 0.6 is 15.9 Å². The van der Waals surface area contributed by atoms with Crippen molar-refractivity contribution in [3.63, 3.8) is 0 Å². The lowest BCUT2D eigenvalue weighted by Gasteiger charge is -2.06. The highest BCUT2D eigenvalue weighted by atomic mass is 79.9. The molecule has 0 saturated carbocycles. The van der Waals surface area contributed by atoms with E-state index in [1.165, 1.54) is 6.08 Å². The molecule has 0 aliphatic heterocycles. The predicted octanol–water partition coefficient (Wildman–Crippen LogP) is 4.02. The maximum absolute atomic E-state index is 10.8. The number of hydrogen-bond donors (Lipinski definition) is 1. The first-order valence-electron chi connectivity index (χ1n) is 6.41. The number of nitriles is 1.